The van der Waals surface area contributed by atoms with Crippen molar-refractivity contribution < 1.29 is 9.50 Å². The van der Waals surface area contributed by atoms with Crippen LogP contribution in [0.1, 0.15) is 11.1 Å². The Hall–Kier alpha value is -1.55. The van der Waals surface area contributed by atoms with Gasteiger partial charge in [-0.2, -0.15) is 0 Å². The van der Waals surface area contributed by atoms with Gasteiger partial charge >= 0.3 is 0 Å². The Balaban J connectivity index is 2.16. The number of hydrogen-bond donors (Lipinski definition) is 2. The van der Waals surface area contributed by atoms with Gasteiger partial charge in [0.1, 0.15) is 11.6 Å². The van der Waals surface area contributed by atoms with Gasteiger partial charge in [-0.05, 0) is 42.8 Å². The molecule has 0 spiro atoms. The van der Waals surface area contributed by atoms with E-state index in [4.69, 9.17) is 0 Å². The molecular formula is C14H13BrFNO. The molecule has 0 saturated carbocycles. The highest BCUT2D eigenvalue weighted by Crippen LogP contribution is 2.23. The molecule has 0 aliphatic rings. The molecule has 4 heteroatoms. The largest absolute Gasteiger partial charge is 0.508 e. The summed E-state index contributed by atoms with van der Waals surface area (Å²) >= 11 is 3.34. The van der Waals surface area contributed by atoms with Crippen molar-refractivity contribution in [3.05, 3.63) is 57.8 Å². The number of phenolic OH excluding ortho intramolecular Hbond substituents is 1. The fraction of sp³-hybridized carbons (Fsp3) is 0.143. The number of benzene rings is 2. The van der Waals surface area contributed by atoms with Crippen LogP contribution in [0.5, 0.6) is 5.75 Å². The number of hydrogen-bond acceptors (Lipinski definition) is 2. The highest BCUT2D eigenvalue weighted by Gasteiger charge is 2.05. The molecule has 0 amide bonds. The summed E-state index contributed by atoms with van der Waals surface area (Å²) in [7, 11) is 0. The fourth-order valence-electron chi connectivity index (χ4n) is 1.66. The van der Waals surface area contributed by atoms with E-state index < -0.39 is 0 Å². The molecule has 0 bridgehead atoms. The van der Waals surface area contributed by atoms with Gasteiger partial charge in [-0.15, -0.1) is 0 Å². The number of aromatic hydroxyl groups is 1. The molecule has 2 N–H and O–H groups in total. The van der Waals surface area contributed by atoms with Crippen molar-refractivity contribution in [2.24, 2.45) is 0 Å². The SMILES string of the molecule is Cc1ccc(F)c(NCc2cc(Br)ccc2O)c1. The molecule has 0 unspecified atom stereocenters. The first-order chi connectivity index (χ1) is 8.56. The van der Waals surface area contributed by atoms with Crippen molar-refractivity contribution in [3.63, 3.8) is 0 Å². The first-order valence-electron chi connectivity index (χ1n) is 5.53. The molecule has 0 aromatic heterocycles. The third kappa shape index (κ3) is 3.01. The van der Waals surface area contributed by atoms with Crippen molar-refractivity contribution in [2.45, 2.75) is 13.5 Å². The van der Waals surface area contributed by atoms with Gasteiger partial charge in [-0.25, -0.2) is 4.39 Å². The Bertz CT molecular complexity index is 520. The summed E-state index contributed by atoms with van der Waals surface area (Å²) in [6, 6.07) is 10.1. The first kappa shape index (κ1) is 12.9. The van der Waals surface area contributed by atoms with Crippen molar-refractivity contribution in [1.82, 2.24) is 0 Å². The Morgan fingerprint density at radius 1 is 1.22 bits per heavy atom. The Kier molecular flexibility index (Phi) is 3.87. The second-order valence-electron chi connectivity index (χ2n) is 4.11. The van der Waals surface area contributed by atoms with Crippen molar-refractivity contribution in [3.8, 4) is 5.75 Å². The predicted molar refractivity (Wildman–Crippen MR) is 74.3 cm³/mol. The first-order valence-corrected chi connectivity index (χ1v) is 6.33. The van der Waals surface area contributed by atoms with Crippen LogP contribution >= 0.6 is 15.9 Å². The molecule has 0 heterocycles. The maximum absolute atomic E-state index is 13.5. The Morgan fingerprint density at radius 2 is 2.00 bits per heavy atom. The van der Waals surface area contributed by atoms with E-state index in [1.165, 1.54) is 6.07 Å². The minimum Gasteiger partial charge on any atom is -0.508 e. The molecule has 0 aliphatic carbocycles. The maximum atomic E-state index is 13.5. The van der Waals surface area contributed by atoms with E-state index in [1.807, 2.05) is 6.92 Å². The molecule has 94 valence electrons. The smallest absolute Gasteiger partial charge is 0.146 e. The van der Waals surface area contributed by atoms with E-state index in [2.05, 4.69) is 21.2 Å². The quantitative estimate of drug-likeness (QED) is 0.890. The van der Waals surface area contributed by atoms with Crippen LogP contribution in [0.4, 0.5) is 10.1 Å². The molecule has 18 heavy (non-hydrogen) atoms. The van der Waals surface area contributed by atoms with E-state index in [9.17, 15) is 9.50 Å². The summed E-state index contributed by atoms with van der Waals surface area (Å²) in [5.74, 6) is -0.103. The predicted octanol–water partition coefficient (Wildman–Crippen LogP) is 4.21. The number of phenols is 1. The van der Waals surface area contributed by atoms with Crippen molar-refractivity contribution >= 4 is 21.6 Å². The van der Waals surface area contributed by atoms with Gasteiger partial charge in [-0.1, -0.05) is 22.0 Å². The average molecular weight is 310 g/mol. The lowest BCUT2D eigenvalue weighted by Gasteiger charge is -2.10. The van der Waals surface area contributed by atoms with Gasteiger partial charge in [0.2, 0.25) is 0 Å². The molecule has 0 fully saturated rings. The van der Waals surface area contributed by atoms with Gasteiger partial charge in [0.15, 0.2) is 0 Å². The fourth-order valence-corrected chi connectivity index (χ4v) is 2.07. The zero-order chi connectivity index (χ0) is 13.1. The van der Waals surface area contributed by atoms with Gasteiger partial charge < -0.3 is 10.4 Å². The zero-order valence-electron chi connectivity index (χ0n) is 9.87. The number of halogens is 2. The highest BCUT2D eigenvalue weighted by atomic mass is 79.9. The molecular weight excluding hydrogens is 297 g/mol. The molecule has 2 nitrogen and oxygen atoms in total. The van der Waals surface area contributed by atoms with Gasteiger partial charge in [0, 0.05) is 16.6 Å². The molecule has 0 radical (unpaired) electrons. The molecule has 0 atom stereocenters. The Morgan fingerprint density at radius 3 is 2.78 bits per heavy atom. The summed E-state index contributed by atoms with van der Waals surface area (Å²) in [5.41, 5.74) is 2.14. The lowest BCUT2D eigenvalue weighted by Crippen LogP contribution is -2.02. The van der Waals surface area contributed by atoms with E-state index in [0.717, 1.165) is 10.0 Å². The van der Waals surface area contributed by atoms with Crippen LogP contribution in [0.3, 0.4) is 0 Å². The average Bonchev–Trinajstić information content (AvgIpc) is 2.34. The Labute approximate surface area is 114 Å². The summed E-state index contributed by atoms with van der Waals surface area (Å²) in [5, 5.41) is 12.7. The van der Waals surface area contributed by atoms with E-state index >= 15 is 0 Å². The monoisotopic (exact) mass is 309 g/mol. The topological polar surface area (TPSA) is 32.3 Å². The molecule has 0 saturated heterocycles. The molecule has 2 aromatic carbocycles. The van der Waals surface area contributed by atoms with Gasteiger partial charge in [0.05, 0.1) is 5.69 Å². The van der Waals surface area contributed by atoms with Crippen LogP contribution in [0.15, 0.2) is 40.9 Å². The van der Waals surface area contributed by atoms with Crippen LogP contribution in [0, 0.1) is 12.7 Å². The lowest BCUT2D eigenvalue weighted by molar-refractivity contribution is 0.469. The minimum atomic E-state index is -0.296. The van der Waals surface area contributed by atoms with Crippen molar-refractivity contribution in [1.29, 1.82) is 0 Å². The van der Waals surface area contributed by atoms with Gasteiger partial charge in [-0.3, -0.25) is 0 Å². The van der Waals surface area contributed by atoms with Crippen molar-refractivity contribution in [2.75, 3.05) is 5.32 Å². The zero-order valence-corrected chi connectivity index (χ0v) is 11.5. The number of rotatable bonds is 3. The number of aryl methyl sites for hydroxylation is 1. The summed E-state index contributed by atoms with van der Waals surface area (Å²) in [4.78, 5) is 0. The summed E-state index contributed by atoms with van der Waals surface area (Å²) < 4.78 is 14.4. The number of nitrogens with one attached hydrogen (secondary N) is 1. The third-order valence-corrected chi connectivity index (χ3v) is 3.13. The normalized spacial score (nSPS) is 10.4. The highest BCUT2D eigenvalue weighted by molar-refractivity contribution is 9.10. The van der Waals surface area contributed by atoms with Crippen LogP contribution in [0.2, 0.25) is 0 Å². The molecule has 0 aliphatic heterocycles. The standard InChI is InChI=1S/C14H13BrFNO/c1-9-2-4-12(16)13(6-9)17-8-10-7-11(15)3-5-14(10)18/h2-7,17-18H,8H2,1H3. The second kappa shape index (κ2) is 5.40. The molecule has 2 aromatic rings. The van der Waals surface area contributed by atoms with Crippen LogP contribution in [0.25, 0.3) is 0 Å². The van der Waals surface area contributed by atoms with Crippen LogP contribution in [-0.2, 0) is 6.54 Å². The second-order valence-corrected chi connectivity index (χ2v) is 5.03. The molecule has 2 rings (SSSR count). The van der Waals surface area contributed by atoms with Gasteiger partial charge in [0.25, 0.3) is 0 Å². The van der Waals surface area contributed by atoms with Crippen LogP contribution in [-0.4, -0.2) is 5.11 Å². The lowest BCUT2D eigenvalue weighted by atomic mass is 10.2. The van der Waals surface area contributed by atoms with E-state index in [1.54, 1.807) is 30.3 Å². The van der Waals surface area contributed by atoms with E-state index in [0.29, 0.717) is 17.8 Å². The summed E-state index contributed by atoms with van der Waals surface area (Å²) in [6.45, 7) is 2.27. The maximum Gasteiger partial charge on any atom is 0.146 e. The number of anilines is 1. The van der Waals surface area contributed by atoms with Crippen LogP contribution < -0.4 is 5.32 Å². The third-order valence-electron chi connectivity index (χ3n) is 2.63. The summed E-state index contributed by atoms with van der Waals surface area (Å²) in [6.07, 6.45) is 0. The van der Waals surface area contributed by atoms with E-state index in [-0.39, 0.29) is 11.6 Å². The minimum absolute atomic E-state index is 0.193.